The first kappa shape index (κ1) is 19.2. The van der Waals surface area contributed by atoms with Gasteiger partial charge in [-0.25, -0.2) is 0 Å². The molecule has 0 spiro atoms. The molecule has 0 bridgehead atoms. The highest BCUT2D eigenvalue weighted by Crippen LogP contribution is 2.42. The number of halogens is 2. The number of rotatable bonds is 3. The van der Waals surface area contributed by atoms with Gasteiger partial charge in [0.05, 0.1) is 0 Å². The maximum atomic E-state index is 13.1. The highest BCUT2D eigenvalue weighted by molar-refractivity contribution is 7.80. The molecule has 1 aliphatic rings. The van der Waals surface area contributed by atoms with Gasteiger partial charge < -0.3 is 10.2 Å². The smallest absolute Gasteiger partial charge is 0.174 e. The van der Waals surface area contributed by atoms with Gasteiger partial charge in [0.25, 0.3) is 0 Å². The Bertz CT molecular complexity index is 842. The Morgan fingerprint density at radius 3 is 2.62 bits per heavy atom. The molecule has 3 rings (SSSR count). The van der Waals surface area contributed by atoms with Gasteiger partial charge in [0.15, 0.2) is 10.9 Å². The Morgan fingerprint density at radius 2 is 1.92 bits per heavy atom. The van der Waals surface area contributed by atoms with E-state index in [4.69, 9.17) is 35.4 Å². The molecule has 1 unspecified atom stereocenters. The molecule has 6 heteroatoms. The minimum atomic E-state index is -0.848. The first-order chi connectivity index (χ1) is 12.4. The Morgan fingerprint density at radius 1 is 1.15 bits per heavy atom. The molecule has 3 nitrogen and oxygen atoms in total. The van der Waals surface area contributed by atoms with Gasteiger partial charge >= 0.3 is 0 Å². The maximum absolute atomic E-state index is 13.1. The van der Waals surface area contributed by atoms with Crippen LogP contribution in [-0.4, -0.2) is 22.8 Å². The van der Waals surface area contributed by atoms with Crippen LogP contribution in [0.25, 0.3) is 0 Å². The number of hydrogen-bond donors (Lipinski definition) is 1. The van der Waals surface area contributed by atoms with Crippen LogP contribution < -0.4 is 5.32 Å². The quantitative estimate of drug-likeness (QED) is 0.666. The summed E-state index contributed by atoms with van der Waals surface area (Å²) in [6.45, 7) is 0. The van der Waals surface area contributed by atoms with Crippen molar-refractivity contribution in [1.82, 2.24) is 4.90 Å². The Kier molecular flexibility index (Phi) is 5.86. The monoisotopic (exact) mass is 406 g/mol. The van der Waals surface area contributed by atoms with Crippen molar-refractivity contribution in [2.24, 2.45) is 0 Å². The van der Waals surface area contributed by atoms with E-state index in [1.807, 2.05) is 48.3 Å². The van der Waals surface area contributed by atoms with Crippen LogP contribution in [0, 0.1) is 0 Å². The number of benzene rings is 2. The fourth-order valence-electron chi connectivity index (χ4n) is 3.58. The normalized spacial score (nSPS) is 19.9. The predicted molar refractivity (Wildman–Crippen MR) is 112 cm³/mol. The van der Waals surface area contributed by atoms with E-state index in [-0.39, 0.29) is 5.78 Å². The number of likely N-dealkylation sites (N-methyl/N-ethyl adjacent to an activating group) is 1. The fourth-order valence-corrected chi connectivity index (χ4v) is 4.33. The van der Waals surface area contributed by atoms with Gasteiger partial charge in [-0.2, -0.15) is 0 Å². The van der Waals surface area contributed by atoms with Crippen molar-refractivity contribution in [3.63, 3.8) is 0 Å². The Hall–Kier alpha value is -1.62. The molecular weight excluding hydrogens is 387 g/mol. The van der Waals surface area contributed by atoms with Crippen LogP contribution in [0.3, 0.4) is 0 Å². The fraction of sp³-hybridized carbons (Fsp3) is 0.300. The van der Waals surface area contributed by atoms with Gasteiger partial charge in [0.1, 0.15) is 5.54 Å². The van der Waals surface area contributed by atoms with Crippen LogP contribution in [0.5, 0.6) is 0 Å². The minimum absolute atomic E-state index is 0.148. The lowest BCUT2D eigenvalue weighted by molar-refractivity contribution is -0.131. The summed E-state index contributed by atoms with van der Waals surface area (Å²) in [5.74, 6) is 0.148. The number of nitrogens with zero attached hydrogens (tertiary/aromatic N) is 1. The largest absolute Gasteiger partial charge is 0.335 e. The maximum Gasteiger partial charge on any atom is 0.174 e. The second-order valence-electron chi connectivity index (χ2n) is 6.47. The van der Waals surface area contributed by atoms with E-state index in [0.29, 0.717) is 28.0 Å². The highest BCUT2D eigenvalue weighted by atomic mass is 35.5. The molecule has 2 aromatic rings. The van der Waals surface area contributed by atoms with Gasteiger partial charge in [0, 0.05) is 34.8 Å². The third kappa shape index (κ3) is 3.59. The average molecular weight is 407 g/mol. The van der Waals surface area contributed by atoms with E-state index >= 15 is 0 Å². The predicted octanol–water partition coefficient (Wildman–Crippen LogP) is 5.66. The summed E-state index contributed by atoms with van der Waals surface area (Å²) in [6.07, 6.45) is 3.05. The van der Waals surface area contributed by atoms with Gasteiger partial charge in [-0.15, -0.1) is 0 Å². The van der Waals surface area contributed by atoms with Gasteiger partial charge in [-0.3, -0.25) is 4.79 Å². The number of carbonyl (C=O) groups excluding carboxylic acids is 1. The molecule has 136 valence electrons. The van der Waals surface area contributed by atoms with Crippen molar-refractivity contribution < 1.29 is 4.79 Å². The number of Topliss-reactive ketones (excluding diaryl/α,β-unsaturated/α-hetero) is 1. The molecule has 0 aromatic heterocycles. The van der Waals surface area contributed by atoms with E-state index in [2.05, 4.69) is 5.32 Å². The average Bonchev–Trinajstić information content (AvgIpc) is 2.62. The topological polar surface area (TPSA) is 32.3 Å². The van der Waals surface area contributed by atoms with Crippen molar-refractivity contribution in [2.45, 2.75) is 31.2 Å². The van der Waals surface area contributed by atoms with Crippen LogP contribution in [0.4, 0.5) is 5.69 Å². The molecule has 0 amide bonds. The molecule has 0 saturated heterocycles. The van der Waals surface area contributed by atoms with E-state index in [1.165, 1.54) is 0 Å². The molecule has 1 atom stereocenters. The molecule has 1 aliphatic carbocycles. The summed E-state index contributed by atoms with van der Waals surface area (Å²) in [5, 5.41) is 4.86. The van der Waals surface area contributed by atoms with Crippen molar-refractivity contribution in [2.75, 3.05) is 12.4 Å². The van der Waals surface area contributed by atoms with Gasteiger partial charge in [0.2, 0.25) is 0 Å². The van der Waals surface area contributed by atoms with Crippen molar-refractivity contribution >= 4 is 52.0 Å². The summed E-state index contributed by atoms with van der Waals surface area (Å²) in [6, 6.07) is 14.9. The third-order valence-electron chi connectivity index (χ3n) is 4.93. The first-order valence-electron chi connectivity index (χ1n) is 8.54. The number of hydrogen-bond acceptors (Lipinski definition) is 2. The van der Waals surface area contributed by atoms with Crippen molar-refractivity contribution in [1.29, 1.82) is 0 Å². The van der Waals surface area contributed by atoms with Crippen molar-refractivity contribution in [3.8, 4) is 0 Å². The number of anilines is 1. The first-order valence-corrected chi connectivity index (χ1v) is 9.70. The van der Waals surface area contributed by atoms with Gasteiger partial charge in [-0.1, -0.05) is 47.5 Å². The number of carbonyl (C=O) groups is 1. The highest BCUT2D eigenvalue weighted by Gasteiger charge is 2.47. The molecule has 0 aliphatic heterocycles. The summed E-state index contributed by atoms with van der Waals surface area (Å²) in [7, 11) is 1.85. The second kappa shape index (κ2) is 7.95. The van der Waals surface area contributed by atoms with Crippen LogP contribution in [0.15, 0.2) is 48.5 Å². The molecule has 1 N–H and O–H groups in total. The number of thiocarbonyl (C=S) groups is 1. The van der Waals surface area contributed by atoms with E-state index in [0.717, 1.165) is 24.1 Å². The standard InChI is InChI=1S/C20H20Cl2N2OS/c1-24(19(26)23-15-8-6-7-14(21)13-15)20(12-5-4-11-18(20)25)16-9-2-3-10-17(16)22/h2-3,6-10,13H,4-5,11-12H2,1H3,(H,23,26). The zero-order valence-corrected chi connectivity index (χ0v) is 16.8. The van der Waals surface area contributed by atoms with Gasteiger partial charge in [-0.05, 0) is 55.7 Å². The van der Waals surface area contributed by atoms with Crippen LogP contribution in [-0.2, 0) is 10.3 Å². The summed E-state index contributed by atoms with van der Waals surface area (Å²) < 4.78 is 0. The number of nitrogens with one attached hydrogen (secondary N) is 1. The molecule has 26 heavy (non-hydrogen) atoms. The zero-order valence-electron chi connectivity index (χ0n) is 14.5. The zero-order chi connectivity index (χ0) is 18.7. The lowest BCUT2D eigenvalue weighted by atomic mass is 9.74. The Labute approximate surface area is 169 Å². The van der Waals surface area contributed by atoms with Crippen molar-refractivity contribution in [3.05, 3.63) is 64.1 Å². The van der Waals surface area contributed by atoms with Crippen LogP contribution in [0.2, 0.25) is 10.0 Å². The molecular formula is C20H20Cl2N2OS. The number of ketones is 1. The molecule has 1 saturated carbocycles. The molecule has 0 radical (unpaired) electrons. The summed E-state index contributed by atoms with van der Waals surface area (Å²) >= 11 is 18.2. The SMILES string of the molecule is CN(C(=S)Nc1cccc(Cl)c1)C1(c2ccccc2Cl)CCCCC1=O. The molecule has 1 fully saturated rings. The van der Waals surface area contributed by atoms with Crippen LogP contribution in [0.1, 0.15) is 31.2 Å². The molecule has 2 aromatic carbocycles. The molecule has 0 heterocycles. The summed E-state index contributed by atoms with van der Waals surface area (Å²) in [4.78, 5) is 15.0. The van der Waals surface area contributed by atoms with E-state index < -0.39 is 5.54 Å². The van der Waals surface area contributed by atoms with E-state index in [1.54, 1.807) is 12.1 Å². The lowest BCUT2D eigenvalue weighted by Gasteiger charge is -2.45. The second-order valence-corrected chi connectivity index (χ2v) is 7.70. The summed E-state index contributed by atoms with van der Waals surface area (Å²) in [5.41, 5.74) is 0.746. The lowest BCUT2D eigenvalue weighted by Crippen LogP contribution is -2.55. The van der Waals surface area contributed by atoms with Crippen LogP contribution >= 0.6 is 35.4 Å². The van der Waals surface area contributed by atoms with E-state index in [9.17, 15) is 4.79 Å². The Balaban J connectivity index is 1.98. The third-order valence-corrected chi connectivity index (χ3v) is 5.87. The minimum Gasteiger partial charge on any atom is -0.335 e.